The second-order valence-electron chi connectivity index (χ2n) is 5.18. The number of nitrogen functional groups attached to an aromatic ring is 1. The van der Waals surface area contributed by atoms with E-state index in [1.54, 1.807) is 6.07 Å². The van der Waals surface area contributed by atoms with E-state index in [4.69, 9.17) is 22.1 Å². The van der Waals surface area contributed by atoms with E-state index in [-0.39, 0.29) is 5.92 Å². The fourth-order valence-corrected chi connectivity index (χ4v) is 2.40. The van der Waals surface area contributed by atoms with Gasteiger partial charge >= 0.3 is 5.97 Å². The molecule has 110 valence electrons. The molecular formula is C17H18ClNO2. The van der Waals surface area contributed by atoms with E-state index in [1.165, 1.54) is 7.11 Å². The van der Waals surface area contributed by atoms with E-state index >= 15 is 0 Å². The van der Waals surface area contributed by atoms with Gasteiger partial charge in [-0.15, -0.1) is 0 Å². The van der Waals surface area contributed by atoms with Crippen LogP contribution in [-0.4, -0.2) is 13.1 Å². The molecule has 4 heteroatoms. The Morgan fingerprint density at radius 3 is 2.33 bits per heavy atom. The van der Waals surface area contributed by atoms with Crippen molar-refractivity contribution >= 4 is 23.3 Å². The lowest BCUT2D eigenvalue weighted by molar-refractivity contribution is 0.0602. The highest BCUT2D eigenvalue weighted by molar-refractivity contribution is 6.30. The molecule has 0 bridgehead atoms. The number of methoxy groups -OCH3 is 1. The monoisotopic (exact) mass is 303 g/mol. The lowest BCUT2D eigenvalue weighted by Gasteiger charge is -2.16. The molecule has 0 aromatic heterocycles. The van der Waals surface area contributed by atoms with Gasteiger partial charge in [0.05, 0.1) is 12.7 Å². The van der Waals surface area contributed by atoms with Gasteiger partial charge in [-0.1, -0.05) is 37.6 Å². The van der Waals surface area contributed by atoms with E-state index in [0.29, 0.717) is 16.3 Å². The number of hydrogen-bond acceptors (Lipinski definition) is 3. The minimum atomic E-state index is -0.432. The number of carbonyl (C=O) groups is 1. The molecule has 0 spiro atoms. The quantitative estimate of drug-likeness (QED) is 0.671. The van der Waals surface area contributed by atoms with Crippen LogP contribution < -0.4 is 5.73 Å². The van der Waals surface area contributed by atoms with Crippen LogP contribution in [0.3, 0.4) is 0 Å². The summed E-state index contributed by atoms with van der Waals surface area (Å²) in [5.41, 5.74) is 9.85. The molecule has 0 amide bonds. The predicted octanol–water partition coefficient (Wildman–Crippen LogP) is 4.50. The zero-order valence-corrected chi connectivity index (χ0v) is 13.1. The molecule has 0 unspecified atom stereocenters. The minimum Gasteiger partial charge on any atom is -0.465 e. The van der Waals surface area contributed by atoms with Gasteiger partial charge in [-0.3, -0.25) is 0 Å². The number of carbonyl (C=O) groups excluding carboxylic acids is 1. The number of rotatable bonds is 3. The van der Waals surface area contributed by atoms with Gasteiger partial charge in [-0.25, -0.2) is 4.79 Å². The zero-order chi connectivity index (χ0) is 15.6. The molecule has 0 radical (unpaired) electrons. The number of esters is 1. The summed E-state index contributed by atoms with van der Waals surface area (Å²) < 4.78 is 4.79. The third-order valence-electron chi connectivity index (χ3n) is 3.40. The summed E-state index contributed by atoms with van der Waals surface area (Å²) in [6, 6.07) is 11.2. The SMILES string of the molecule is COC(=O)c1cc(-c2ccc(Cl)cc2)c(C(C)C)cc1N. The van der Waals surface area contributed by atoms with Crippen molar-refractivity contribution in [2.45, 2.75) is 19.8 Å². The van der Waals surface area contributed by atoms with Gasteiger partial charge < -0.3 is 10.5 Å². The number of halogens is 1. The van der Waals surface area contributed by atoms with Gasteiger partial charge in [0.2, 0.25) is 0 Å². The van der Waals surface area contributed by atoms with Crippen molar-refractivity contribution < 1.29 is 9.53 Å². The third-order valence-corrected chi connectivity index (χ3v) is 3.66. The maximum absolute atomic E-state index is 11.8. The van der Waals surface area contributed by atoms with E-state index < -0.39 is 5.97 Å². The van der Waals surface area contributed by atoms with Gasteiger partial charge in [0, 0.05) is 10.7 Å². The number of anilines is 1. The summed E-state index contributed by atoms with van der Waals surface area (Å²) in [5.74, 6) is -0.150. The van der Waals surface area contributed by atoms with Crippen molar-refractivity contribution in [1.29, 1.82) is 0 Å². The van der Waals surface area contributed by atoms with E-state index in [0.717, 1.165) is 16.7 Å². The Hall–Kier alpha value is -2.00. The van der Waals surface area contributed by atoms with Crippen LogP contribution in [0.25, 0.3) is 11.1 Å². The average Bonchev–Trinajstić information content (AvgIpc) is 2.47. The van der Waals surface area contributed by atoms with Crippen LogP contribution in [0.2, 0.25) is 5.02 Å². The standard InChI is InChI=1S/C17H18ClNO2/c1-10(2)13-9-16(19)15(17(20)21-3)8-14(13)11-4-6-12(18)7-5-11/h4-10H,19H2,1-3H3. The number of hydrogen-bond donors (Lipinski definition) is 1. The van der Waals surface area contributed by atoms with Crippen LogP contribution in [0, 0.1) is 0 Å². The Bertz CT molecular complexity index is 663. The summed E-state index contributed by atoms with van der Waals surface area (Å²) in [7, 11) is 1.35. The number of benzene rings is 2. The van der Waals surface area contributed by atoms with Crippen molar-refractivity contribution in [3.63, 3.8) is 0 Å². The highest BCUT2D eigenvalue weighted by Crippen LogP contribution is 2.33. The molecule has 0 fully saturated rings. The lowest BCUT2D eigenvalue weighted by Crippen LogP contribution is -2.08. The van der Waals surface area contributed by atoms with Gasteiger partial charge in [-0.2, -0.15) is 0 Å². The second-order valence-corrected chi connectivity index (χ2v) is 5.62. The van der Waals surface area contributed by atoms with Crippen LogP contribution in [0.4, 0.5) is 5.69 Å². The van der Waals surface area contributed by atoms with E-state index in [1.807, 2.05) is 30.3 Å². The number of nitrogens with two attached hydrogens (primary N) is 1. The van der Waals surface area contributed by atoms with Crippen LogP contribution in [0.15, 0.2) is 36.4 Å². The molecule has 0 atom stereocenters. The van der Waals surface area contributed by atoms with Gasteiger partial charge in [0.15, 0.2) is 0 Å². The van der Waals surface area contributed by atoms with Crippen molar-refractivity contribution in [3.8, 4) is 11.1 Å². The third kappa shape index (κ3) is 3.19. The summed E-state index contributed by atoms with van der Waals surface area (Å²) in [6.07, 6.45) is 0. The fraction of sp³-hybridized carbons (Fsp3) is 0.235. The lowest BCUT2D eigenvalue weighted by atomic mass is 9.90. The Labute approximate surface area is 129 Å². The second kappa shape index (κ2) is 6.19. The molecule has 0 saturated carbocycles. The molecule has 0 aliphatic heterocycles. The first-order valence-electron chi connectivity index (χ1n) is 6.71. The smallest absolute Gasteiger partial charge is 0.339 e. The largest absolute Gasteiger partial charge is 0.465 e. The first-order chi connectivity index (χ1) is 9.93. The molecule has 2 N–H and O–H groups in total. The maximum atomic E-state index is 11.8. The van der Waals surface area contributed by atoms with Gasteiger partial charge in [-0.05, 0) is 46.9 Å². The predicted molar refractivity (Wildman–Crippen MR) is 86.7 cm³/mol. The Morgan fingerprint density at radius 2 is 1.81 bits per heavy atom. The molecule has 0 aliphatic rings. The molecule has 0 aliphatic carbocycles. The van der Waals surface area contributed by atoms with Crippen molar-refractivity contribution in [2.24, 2.45) is 0 Å². The molecule has 21 heavy (non-hydrogen) atoms. The summed E-state index contributed by atoms with van der Waals surface area (Å²) in [4.78, 5) is 11.8. The molecule has 2 aromatic rings. The average molecular weight is 304 g/mol. The fourth-order valence-electron chi connectivity index (χ4n) is 2.28. The normalized spacial score (nSPS) is 10.7. The van der Waals surface area contributed by atoms with Crippen molar-refractivity contribution in [3.05, 3.63) is 52.5 Å². The molecular weight excluding hydrogens is 286 g/mol. The Kier molecular flexibility index (Phi) is 4.53. The highest BCUT2D eigenvalue weighted by atomic mass is 35.5. The van der Waals surface area contributed by atoms with E-state index in [2.05, 4.69) is 13.8 Å². The molecule has 2 aromatic carbocycles. The minimum absolute atomic E-state index is 0.282. The first kappa shape index (κ1) is 15.4. The summed E-state index contributed by atoms with van der Waals surface area (Å²) >= 11 is 5.94. The van der Waals surface area contributed by atoms with Crippen molar-refractivity contribution in [2.75, 3.05) is 12.8 Å². The summed E-state index contributed by atoms with van der Waals surface area (Å²) in [5, 5.41) is 0.675. The zero-order valence-electron chi connectivity index (χ0n) is 12.3. The highest BCUT2D eigenvalue weighted by Gasteiger charge is 2.17. The topological polar surface area (TPSA) is 52.3 Å². The van der Waals surface area contributed by atoms with E-state index in [9.17, 15) is 4.79 Å². The maximum Gasteiger partial charge on any atom is 0.339 e. The molecule has 0 heterocycles. The van der Waals surface area contributed by atoms with Crippen molar-refractivity contribution in [1.82, 2.24) is 0 Å². The Balaban J connectivity index is 2.66. The van der Waals surface area contributed by atoms with Crippen LogP contribution >= 0.6 is 11.6 Å². The number of ether oxygens (including phenoxy) is 1. The summed E-state index contributed by atoms with van der Waals surface area (Å²) in [6.45, 7) is 4.18. The van der Waals surface area contributed by atoms with Gasteiger partial charge in [0.25, 0.3) is 0 Å². The van der Waals surface area contributed by atoms with Gasteiger partial charge in [0.1, 0.15) is 0 Å². The molecule has 0 saturated heterocycles. The van der Waals surface area contributed by atoms with Crippen LogP contribution in [0.5, 0.6) is 0 Å². The molecule has 2 rings (SSSR count). The Morgan fingerprint density at radius 1 is 1.19 bits per heavy atom. The first-order valence-corrected chi connectivity index (χ1v) is 7.09. The van der Waals surface area contributed by atoms with Crippen LogP contribution in [-0.2, 0) is 4.74 Å². The molecule has 3 nitrogen and oxygen atoms in total. The van der Waals surface area contributed by atoms with Crippen LogP contribution in [0.1, 0.15) is 35.7 Å².